The monoisotopic (exact) mass is 389 g/mol. The topological polar surface area (TPSA) is 74.7 Å². The number of hydrogen-bond acceptors (Lipinski definition) is 3. The van der Waals surface area contributed by atoms with Gasteiger partial charge in [0.05, 0.1) is 0 Å². The molecule has 0 radical (unpaired) electrons. The van der Waals surface area contributed by atoms with Gasteiger partial charge in [0, 0.05) is 34.0 Å². The van der Waals surface area contributed by atoms with Crippen molar-refractivity contribution in [3.63, 3.8) is 0 Å². The zero-order valence-electron chi connectivity index (χ0n) is 12.9. The van der Waals surface area contributed by atoms with Gasteiger partial charge in [-0.05, 0) is 36.4 Å². The van der Waals surface area contributed by atoms with Crippen molar-refractivity contribution in [2.24, 2.45) is 0 Å². The summed E-state index contributed by atoms with van der Waals surface area (Å²) >= 11 is 3.46. The van der Waals surface area contributed by atoms with Crippen LogP contribution < -0.4 is 0 Å². The molecule has 0 atom stereocenters. The first-order valence-corrected chi connectivity index (χ1v) is 8.59. The van der Waals surface area contributed by atoms with Crippen LogP contribution in [0.2, 0.25) is 0 Å². The lowest BCUT2D eigenvalue weighted by Crippen LogP contribution is -2.40. The maximum Gasteiger partial charge on any atom is 0.303 e. The van der Waals surface area contributed by atoms with E-state index in [0.717, 1.165) is 9.86 Å². The van der Waals surface area contributed by atoms with Gasteiger partial charge in [-0.1, -0.05) is 34.5 Å². The second kappa shape index (κ2) is 6.73. The molecule has 0 unspecified atom stereocenters. The number of hydrogen-bond donors (Lipinski definition) is 1. The standard InChI is InChI=1S/C18H16BrNO4/c19-14-9-8-13-16-11(14)5-4-6-12(16)17(23)20(18(13)24)10-3-1-2-7-15(21)22/h4-6,8-9H,1-3,7,10H2,(H,21,22). The van der Waals surface area contributed by atoms with E-state index in [9.17, 15) is 14.4 Å². The number of imide groups is 1. The molecule has 24 heavy (non-hydrogen) atoms. The molecular weight excluding hydrogens is 374 g/mol. The van der Waals surface area contributed by atoms with Crippen molar-refractivity contribution >= 4 is 44.5 Å². The molecule has 2 amide bonds. The first kappa shape index (κ1) is 16.6. The number of carbonyl (C=O) groups is 3. The van der Waals surface area contributed by atoms with E-state index in [0.29, 0.717) is 42.3 Å². The summed E-state index contributed by atoms with van der Waals surface area (Å²) in [5, 5.41) is 10.2. The van der Waals surface area contributed by atoms with Gasteiger partial charge in [-0.3, -0.25) is 19.3 Å². The van der Waals surface area contributed by atoms with Crippen LogP contribution in [0.3, 0.4) is 0 Å². The third-order valence-corrected chi connectivity index (χ3v) is 4.90. The average Bonchev–Trinajstić information content (AvgIpc) is 2.56. The second-order valence-corrected chi connectivity index (χ2v) is 6.64. The zero-order valence-corrected chi connectivity index (χ0v) is 14.5. The number of carboxylic acid groups (broad SMARTS) is 1. The van der Waals surface area contributed by atoms with Crippen LogP contribution in [0.5, 0.6) is 0 Å². The Morgan fingerprint density at radius 1 is 1.00 bits per heavy atom. The summed E-state index contributed by atoms with van der Waals surface area (Å²) in [4.78, 5) is 37.2. The van der Waals surface area contributed by atoms with Gasteiger partial charge < -0.3 is 5.11 Å². The fourth-order valence-electron chi connectivity index (χ4n) is 3.04. The van der Waals surface area contributed by atoms with Crippen molar-refractivity contribution in [3.8, 4) is 0 Å². The van der Waals surface area contributed by atoms with Crippen molar-refractivity contribution in [3.05, 3.63) is 45.9 Å². The molecule has 0 spiro atoms. The van der Waals surface area contributed by atoms with E-state index in [4.69, 9.17) is 5.11 Å². The van der Waals surface area contributed by atoms with Gasteiger partial charge in [0.1, 0.15) is 0 Å². The molecule has 1 N–H and O–H groups in total. The van der Waals surface area contributed by atoms with Crippen LogP contribution in [0.25, 0.3) is 10.8 Å². The van der Waals surface area contributed by atoms with E-state index in [1.54, 1.807) is 12.1 Å². The Balaban J connectivity index is 1.83. The Bertz CT molecular complexity index is 824. The van der Waals surface area contributed by atoms with Crippen LogP contribution in [0, 0.1) is 0 Å². The first-order valence-electron chi connectivity index (χ1n) is 7.80. The molecule has 0 saturated heterocycles. The molecule has 6 heteroatoms. The largest absolute Gasteiger partial charge is 0.481 e. The van der Waals surface area contributed by atoms with Gasteiger partial charge in [0.15, 0.2) is 0 Å². The number of aliphatic carboxylic acids is 1. The summed E-state index contributed by atoms with van der Waals surface area (Å²) < 4.78 is 0.853. The molecule has 3 rings (SSSR count). The molecule has 0 fully saturated rings. The number of carbonyl (C=O) groups excluding carboxylic acids is 2. The van der Waals surface area contributed by atoms with Crippen LogP contribution in [0.15, 0.2) is 34.8 Å². The summed E-state index contributed by atoms with van der Waals surface area (Å²) in [5.74, 6) is -1.39. The maximum absolute atomic E-state index is 12.7. The zero-order chi connectivity index (χ0) is 17.3. The molecule has 5 nitrogen and oxygen atoms in total. The lowest BCUT2D eigenvalue weighted by Gasteiger charge is -2.27. The number of unbranched alkanes of at least 4 members (excludes halogenated alkanes) is 2. The third kappa shape index (κ3) is 2.94. The lowest BCUT2D eigenvalue weighted by molar-refractivity contribution is -0.137. The Morgan fingerprint density at radius 2 is 1.71 bits per heavy atom. The van der Waals surface area contributed by atoms with Crippen molar-refractivity contribution in [2.75, 3.05) is 6.54 Å². The molecule has 124 valence electrons. The molecule has 2 aromatic rings. The molecule has 1 aliphatic heterocycles. The highest BCUT2D eigenvalue weighted by Gasteiger charge is 2.32. The van der Waals surface area contributed by atoms with Gasteiger partial charge in [0.25, 0.3) is 11.8 Å². The fraction of sp³-hybridized carbons (Fsp3) is 0.278. The van der Waals surface area contributed by atoms with Gasteiger partial charge >= 0.3 is 5.97 Å². The maximum atomic E-state index is 12.7. The predicted octanol–water partition coefficient (Wildman–Crippen LogP) is 3.84. The van der Waals surface area contributed by atoms with Crippen molar-refractivity contribution in [1.82, 2.24) is 4.90 Å². The molecule has 1 heterocycles. The van der Waals surface area contributed by atoms with E-state index >= 15 is 0 Å². The minimum atomic E-state index is -0.827. The van der Waals surface area contributed by atoms with Crippen LogP contribution >= 0.6 is 15.9 Å². The van der Waals surface area contributed by atoms with Crippen LogP contribution in [-0.2, 0) is 4.79 Å². The number of nitrogens with zero attached hydrogens (tertiary/aromatic N) is 1. The quantitative estimate of drug-likeness (QED) is 0.601. The molecule has 0 aromatic heterocycles. The Morgan fingerprint density at radius 3 is 2.42 bits per heavy atom. The molecule has 1 aliphatic rings. The first-order chi connectivity index (χ1) is 11.5. The predicted molar refractivity (Wildman–Crippen MR) is 93.1 cm³/mol. The van der Waals surface area contributed by atoms with Gasteiger partial charge in [-0.15, -0.1) is 0 Å². The van der Waals surface area contributed by atoms with Crippen LogP contribution in [0.4, 0.5) is 0 Å². The summed E-state index contributed by atoms with van der Waals surface area (Å²) in [5.41, 5.74) is 1.07. The van der Waals surface area contributed by atoms with Gasteiger partial charge in [-0.2, -0.15) is 0 Å². The van der Waals surface area contributed by atoms with Crippen LogP contribution in [0.1, 0.15) is 46.4 Å². The summed E-state index contributed by atoms with van der Waals surface area (Å²) in [7, 11) is 0. The van der Waals surface area contributed by atoms with Crippen molar-refractivity contribution in [1.29, 1.82) is 0 Å². The number of halogens is 1. The summed E-state index contributed by atoms with van der Waals surface area (Å²) in [6.07, 6.45) is 1.93. The smallest absolute Gasteiger partial charge is 0.303 e. The minimum Gasteiger partial charge on any atom is -0.481 e. The highest BCUT2D eigenvalue weighted by Crippen LogP contribution is 2.34. The molecular formula is C18H16BrNO4. The second-order valence-electron chi connectivity index (χ2n) is 5.79. The van der Waals surface area contributed by atoms with Crippen molar-refractivity contribution < 1.29 is 19.5 Å². The van der Waals surface area contributed by atoms with E-state index in [1.165, 1.54) is 4.90 Å². The van der Waals surface area contributed by atoms with E-state index in [-0.39, 0.29) is 18.2 Å². The normalized spacial score (nSPS) is 13.6. The average molecular weight is 390 g/mol. The van der Waals surface area contributed by atoms with Crippen LogP contribution in [-0.4, -0.2) is 34.3 Å². The van der Waals surface area contributed by atoms with Crippen molar-refractivity contribution in [2.45, 2.75) is 25.7 Å². The lowest BCUT2D eigenvalue weighted by atomic mass is 9.94. The summed E-state index contributed by atoms with van der Waals surface area (Å²) in [6.45, 7) is 0.309. The van der Waals surface area contributed by atoms with E-state index in [2.05, 4.69) is 15.9 Å². The molecule has 2 aromatic carbocycles. The number of carboxylic acids is 1. The van der Waals surface area contributed by atoms with E-state index in [1.807, 2.05) is 18.2 Å². The Hall–Kier alpha value is -2.21. The molecule has 0 aliphatic carbocycles. The molecule has 0 saturated carbocycles. The SMILES string of the molecule is O=C(O)CCCCCN1C(=O)c2cccc3c(Br)ccc(c23)C1=O. The van der Waals surface area contributed by atoms with Gasteiger partial charge in [-0.25, -0.2) is 0 Å². The minimum absolute atomic E-state index is 0.109. The molecule has 0 bridgehead atoms. The number of benzene rings is 2. The fourth-order valence-corrected chi connectivity index (χ4v) is 3.50. The highest BCUT2D eigenvalue weighted by molar-refractivity contribution is 9.10. The number of rotatable bonds is 6. The third-order valence-electron chi connectivity index (χ3n) is 4.21. The highest BCUT2D eigenvalue weighted by atomic mass is 79.9. The van der Waals surface area contributed by atoms with Gasteiger partial charge in [0.2, 0.25) is 0 Å². The Labute approximate surface area is 147 Å². The Kier molecular flexibility index (Phi) is 4.66. The summed E-state index contributed by atoms with van der Waals surface area (Å²) in [6, 6.07) is 8.99. The number of amides is 2. The van der Waals surface area contributed by atoms with E-state index < -0.39 is 5.97 Å².